The van der Waals surface area contributed by atoms with Crippen molar-refractivity contribution in [2.24, 2.45) is 17.1 Å². The molecule has 0 radical (unpaired) electrons. The molecule has 0 atom stereocenters. The molecule has 0 aromatic carbocycles. The van der Waals surface area contributed by atoms with Gasteiger partial charge in [0.1, 0.15) is 5.76 Å². The van der Waals surface area contributed by atoms with Gasteiger partial charge in [0.05, 0.1) is 12.0 Å². The number of carbonyl (C=O) groups excluding carboxylic acids is 1. The van der Waals surface area contributed by atoms with E-state index in [9.17, 15) is 14.7 Å². The number of carboxylic acids is 1. The van der Waals surface area contributed by atoms with Crippen molar-refractivity contribution in [3.05, 3.63) is 23.7 Å². The Balaban J connectivity index is 1.99. The number of nitrogens with two attached hydrogens (primary N) is 1. The van der Waals surface area contributed by atoms with E-state index in [1.165, 1.54) is 0 Å². The third-order valence-corrected chi connectivity index (χ3v) is 4.36. The van der Waals surface area contributed by atoms with E-state index >= 15 is 0 Å². The van der Waals surface area contributed by atoms with E-state index in [0.717, 1.165) is 12.8 Å². The van der Waals surface area contributed by atoms with Gasteiger partial charge in [-0.1, -0.05) is 6.92 Å². The van der Waals surface area contributed by atoms with Crippen LogP contribution in [0.4, 0.5) is 0 Å². The lowest BCUT2D eigenvalue weighted by Crippen LogP contribution is -2.45. The number of carboxylic acid groups (broad SMARTS) is 1. The van der Waals surface area contributed by atoms with Gasteiger partial charge in [0, 0.05) is 6.54 Å². The first-order chi connectivity index (χ1) is 9.97. The third kappa shape index (κ3) is 3.44. The van der Waals surface area contributed by atoms with Crippen molar-refractivity contribution in [1.82, 2.24) is 5.32 Å². The Morgan fingerprint density at radius 2 is 2.10 bits per heavy atom. The highest BCUT2D eigenvalue weighted by Gasteiger charge is 2.41. The van der Waals surface area contributed by atoms with Crippen LogP contribution in [-0.4, -0.2) is 23.5 Å². The first-order valence-electron chi connectivity index (χ1n) is 7.27. The van der Waals surface area contributed by atoms with Crippen LogP contribution in [-0.2, 0) is 11.3 Å². The molecular formula is C15H22N2O4. The second-order valence-corrected chi connectivity index (χ2v) is 5.92. The fourth-order valence-corrected chi connectivity index (χ4v) is 2.73. The molecule has 6 heteroatoms. The molecule has 6 nitrogen and oxygen atoms in total. The Labute approximate surface area is 123 Å². The average molecular weight is 294 g/mol. The average Bonchev–Trinajstić information content (AvgIpc) is 2.95. The molecule has 116 valence electrons. The number of hydrogen-bond acceptors (Lipinski definition) is 4. The second kappa shape index (κ2) is 6.30. The Kier molecular flexibility index (Phi) is 4.67. The number of nitrogens with one attached hydrogen (secondary N) is 1. The fourth-order valence-electron chi connectivity index (χ4n) is 2.73. The summed E-state index contributed by atoms with van der Waals surface area (Å²) in [4.78, 5) is 23.6. The van der Waals surface area contributed by atoms with Gasteiger partial charge >= 0.3 is 5.97 Å². The van der Waals surface area contributed by atoms with Crippen LogP contribution in [0.25, 0.3) is 0 Å². The summed E-state index contributed by atoms with van der Waals surface area (Å²) in [5, 5.41) is 12.2. The molecule has 0 bridgehead atoms. The molecular weight excluding hydrogens is 272 g/mol. The predicted octanol–water partition coefficient (Wildman–Crippen LogP) is 1.75. The molecule has 0 aliphatic heterocycles. The molecule has 1 aliphatic rings. The Bertz CT molecular complexity index is 515. The minimum Gasteiger partial charge on any atom is -0.481 e. The minimum atomic E-state index is -0.856. The third-order valence-electron chi connectivity index (χ3n) is 4.36. The Morgan fingerprint density at radius 1 is 1.43 bits per heavy atom. The number of hydrogen-bond donors (Lipinski definition) is 3. The quantitative estimate of drug-likeness (QED) is 0.767. The molecule has 1 fully saturated rings. The monoisotopic (exact) mass is 294 g/mol. The van der Waals surface area contributed by atoms with Gasteiger partial charge in [-0.25, -0.2) is 0 Å². The molecule has 1 amide bonds. The summed E-state index contributed by atoms with van der Waals surface area (Å²) in [6.07, 6.45) is 2.94. The molecule has 1 aromatic heterocycles. The van der Waals surface area contributed by atoms with Crippen LogP contribution < -0.4 is 11.1 Å². The molecule has 1 aromatic rings. The van der Waals surface area contributed by atoms with Crippen molar-refractivity contribution in [1.29, 1.82) is 0 Å². The summed E-state index contributed by atoms with van der Waals surface area (Å²) in [7, 11) is 0. The second-order valence-electron chi connectivity index (χ2n) is 5.92. The maximum Gasteiger partial charge on any atom is 0.311 e. The van der Waals surface area contributed by atoms with Crippen molar-refractivity contribution in [2.45, 2.75) is 39.2 Å². The fraction of sp³-hybridized carbons (Fsp3) is 0.600. The normalized spacial score (nSPS) is 25.5. The van der Waals surface area contributed by atoms with E-state index < -0.39 is 17.3 Å². The zero-order valence-electron chi connectivity index (χ0n) is 12.2. The minimum absolute atomic E-state index is 0.131. The highest BCUT2D eigenvalue weighted by Crippen LogP contribution is 2.38. The maximum absolute atomic E-state index is 12.0. The Hall–Kier alpha value is -1.82. The standard InChI is InChI=1S/C15H22N2O4/c1-10-4-6-15(7-5-10,14(19)20)9-17-13(18)12-3-2-11(8-16)21-12/h2-3,10H,4-9,16H2,1H3,(H,17,18)(H,19,20). The zero-order chi connectivity index (χ0) is 15.5. The van der Waals surface area contributed by atoms with Gasteiger partial charge in [-0.15, -0.1) is 0 Å². The number of aliphatic carboxylic acids is 1. The predicted molar refractivity (Wildman–Crippen MR) is 76.6 cm³/mol. The maximum atomic E-state index is 12.0. The van der Waals surface area contributed by atoms with Crippen molar-refractivity contribution >= 4 is 11.9 Å². The summed E-state index contributed by atoms with van der Waals surface area (Å²) in [5.74, 6) is 0.0101. The Morgan fingerprint density at radius 3 is 2.62 bits per heavy atom. The van der Waals surface area contributed by atoms with Gasteiger partial charge in [-0.2, -0.15) is 0 Å². The van der Waals surface area contributed by atoms with Crippen LogP contribution in [0, 0.1) is 11.3 Å². The van der Waals surface area contributed by atoms with Crippen LogP contribution in [0.2, 0.25) is 0 Å². The number of carbonyl (C=O) groups is 2. The van der Waals surface area contributed by atoms with Crippen molar-refractivity contribution in [3.8, 4) is 0 Å². The van der Waals surface area contributed by atoms with Crippen LogP contribution in [0.5, 0.6) is 0 Å². The molecule has 4 N–H and O–H groups in total. The summed E-state index contributed by atoms with van der Waals surface area (Å²) in [6, 6.07) is 3.19. The van der Waals surface area contributed by atoms with Gasteiger partial charge in [-0.3, -0.25) is 9.59 Å². The van der Waals surface area contributed by atoms with Crippen molar-refractivity contribution < 1.29 is 19.1 Å². The highest BCUT2D eigenvalue weighted by atomic mass is 16.4. The van der Waals surface area contributed by atoms with Crippen molar-refractivity contribution in [3.63, 3.8) is 0 Å². The van der Waals surface area contributed by atoms with Crippen LogP contribution >= 0.6 is 0 Å². The number of rotatable bonds is 5. The summed E-state index contributed by atoms with van der Waals surface area (Å²) in [5.41, 5.74) is 4.57. The van der Waals surface area contributed by atoms with Crippen LogP contribution in [0.15, 0.2) is 16.5 Å². The SMILES string of the molecule is CC1CCC(CNC(=O)c2ccc(CN)o2)(C(=O)O)CC1. The molecule has 1 aliphatic carbocycles. The van der Waals surface area contributed by atoms with E-state index in [4.69, 9.17) is 10.2 Å². The first kappa shape index (κ1) is 15.6. The molecule has 2 rings (SSSR count). The summed E-state index contributed by atoms with van der Waals surface area (Å²) >= 11 is 0. The van der Waals surface area contributed by atoms with Gasteiger partial charge in [0.15, 0.2) is 5.76 Å². The summed E-state index contributed by atoms with van der Waals surface area (Å²) < 4.78 is 5.26. The van der Waals surface area contributed by atoms with E-state index in [0.29, 0.717) is 24.5 Å². The first-order valence-corrected chi connectivity index (χ1v) is 7.27. The van der Waals surface area contributed by atoms with Gasteiger partial charge in [-0.05, 0) is 43.7 Å². The molecule has 1 saturated carbocycles. The summed E-state index contributed by atoms with van der Waals surface area (Å²) in [6.45, 7) is 2.48. The van der Waals surface area contributed by atoms with E-state index in [1.807, 2.05) is 0 Å². The smallest absolute Gasteiger partial charge is 0.311 e. The molecule has 0 unspecified atom stereocenters. The van der Waals surface area contributed by atoms with E-state index in [1.54, 1.807) is 12.1 Å². The number of furan rings is 1. The zero-order valence-corrected chi connectivity index (χ0v) is 12.2. The van der Waals surface area contributed by atoms with Gasteiger partial charge < -0.3 is 20.6 Å². The van der Waals surface area contributed by atoms with E-state index in [2.05, 4.69) is 12.2 Å². The lowest BCUT2D eigenvalue weighted by molar-refractivity contribution is -0.151. The topological polar surface area (TPSA) is 106 Å². The lowest BCUT2D eigenvalue weighted by atomic mass is 9.71. The van der Waals surface area contributed by atoms with Crippen molar-refractivity contribution in [2.75, 3.05) is 6.54 Å². The molecule has 1 heterocycles. The lowest BCUT2D eigenvalue weighted by Gasteiger charge is -2.35. The molecule has 0 saturated heterocycles. The highest BCUT2D eigenvalue weighted by molar-refractivity contribution is 5.92. The largest absolute Gasteiger partial charge is 0.481 e. The van der Waals surface area contributed by atoms with E-state index in [-0.39, 0.29) is 18.8 Å². The van der Waals surface area contributed by atoms with Crippen LogP contribution in [0.1, 0.15) is 48.9 Å². The van der Waals surface area contributed by atoms with Gasteiger partial charge in [0.2, 0.25) is 0 Å². The molecule has 0 spiro atoms. The number of amides is 1. The van der Waals surface area contributed by atoms with Gasteiger partial charge in [0.25, 0.3) is 5.91 Å². The van der Waals surface area contributed by atoms with Crippen LogP contribution in [0.3, 0.4) is 0 Å². The molecule has 21 heavy (non-hydrogen) atoms.